The monoisotopic (exact) mass is 333 g/mol. The maximum Gasteiger partial charge on any atom is 0.132 e. The van der Waals surface area contributed by atoms with Crippen molar-refractivity contribution in [2.75, 3.05) is 0 Å². The molecule has 25 heavy (non-hydrogen) atoms. The molecule has 0 atom stereocenters. The van der Waals surface area contributed by atoms with Crippen molar-refractivity contribution in [2.45, 2.75) is 45.6 Å². The molecular formula is C22H23NO2. The van der Waals surface area contributed by atoms with E-state index in [0.29, 0.717) is 11.7 Å². The van der Waals surface area contributed by atoms with Crippen molar-refractivity contribution in [3.05, 3.63) is 53.1 Å². The molecule has 2 aromatic rings. The van der Waals surface area contributed by atoms with Gasteiger partial charge in [0, 0.05) is 23.8 Å². The molecule has 0 unspecified atom stereocenters. The Morgan fingerprint density at radius 3 is 2.64 bits per heavy atom. The van der Waals surface area contributed by atoms with Crippen LogP contribution in [-0.4, -0.2) is 11.3 Å². The Hall–Kier alpha value is -2.55. The van der Waals surface area contributed by atoms with Gasteiger partial charge < -0.3 is 9.84 Å². The van der Waals surface area contributed by atoms with Crippen molar-refractivity contribution in [2.24, 2.45) is 4.99 Å². The van der Waals surface area contributed by atoms with Gasteiger partial charge in [-0.05, 0) is 43.0 Å². The van der Waals surface area contributed by atoms with E-state index in [0.717, 1.165) is 34.4 Å². The maximum atomic E-state index is 10.7. The highest BCUT2D eigenvalue weighted by Crippen LogP contribution is 2.50. The number of rotatable bonds is 2. The zero-order valence-electron chi connectivity index (χ0n) is 15.1. The number of phenols is 1. The molecule has 0 saturated heterocycles. The normalized spacial score (nSPS) is 17.1. The van der Waals surface area contributed by atoms with Crippen LogP contribution in [0.1, 0.15) is 56.7 Å². The van der Waals surface area contributed by atoms with E-state index in [9.17, 15) is 5.11 Å². The van der Waals surface area contributed by atoms with Crippen LogP contribution in [0, 0.1) is 0 Å². The van der Waals surface area contributed by atoms with Crippen LogP contribution in [0.25, 0.3) is 16.8 Å². The lowest BCUT2D eigenvalue weighted by Crippen LogP contribution is -2.29. The Balaban J connectivity index is 1.92. The van der Waals surface area contributed by atoms with Crippen LogP contribution < -0.4 is 4.74 Å². The summed E-state index contributed by atoms with van der Waals surface area (Å²) in [6.07, 6.45) is 4.76. The van der Waals surface area contributed by atoms with Gasteiger partial charge in [-0.3, -0.25) is 4.99 Å². The molecule has 3 nitrogen and oxygen atoms in total. The lowest BCUT2D eigenvalue weighted by molar-refractivity contribution is 0.105. The van der Waals surface area contributed by atoms with E-state index in [1.807, 2.05) is 12.3 Å². The molecule has 2 aliphatic rings. The molecule has 1 N–H and O–H groups in total. The zero-order chi connectivity index (χ0) is 17.8. The van der Waals surface area contributed by atoms with Crippen LogP contribution in [0.5, 0.6) is 11.5 Å². The second kappa shape index (κ2) is 5.48. The van der Waals surface area contributed by atoms with Crippen LogP contribution in [0.2, 0.25) is 0 Å². The highest BCUT2D eigenvalue weighted by atomic mass is 16.5. The fraction of sp³-hybridized carbons (Fsp3) is 0.318. The van der Waals surface area contributed by atoms with Gasteiger partial charge in [0.1, 0.15) is 17.1 Å². The van der Waals surface area contributed by atoms with Crippen molar-refractivity contribution in [1.82, 2.24) is 0 Å². The largest absolute Gasteiger partial charge is 0.507 e. The molecule has 0 bridgehead atoms. The van der Waals surface area contributed by atoms with Crippen LogP contribution in [0.15, 0.2) is 41.4 Å². The highest BCUT2D eigenvalue weighted by Gasteiger charge is 2.35. The second-order valence-electron chi connectivity index (χ2n) is 7.58. The van der Waals surface area contributed by atoms with E-state index in [-0.39, 0.29) is 5.75 Å². The van der Waals surface area contributed by atoms with Crippen molar-refractivity contribution in [1.29, 1.82) is 0 Å². The predicted octanol–water partition coefficient (Wildman–Crippen LogP) is 5.63. The summed E-state index contributed by atoms with van der Waals surface area (Å²) in [5, 5.41) is 10.7. The average Bonchev–Trinajstić information content (AvgIpc) is 3.07. The molecule has 0 aliphatic carbocycles. The molecule has 0 fully saturated rings. The summed E-state index contributed by atoms with van der Waals surface area (Å²) >= 11 is 0. The van der Waals surface area contributed by atoms with E-state index >= 15 is 0 Å². The molecule has 0 aromatic heterocycles. The first kappa shape index (κ1) is 15.9. The smallest absolute Gasteiger partial charge is 0.132 e. The summed E-state index contributed by atoms with van der Waals surface area (Å²) < 4.78 is 6.32. The third kappa shape index (κ3) is 2.55. The lowest BCUT2D eigenvalue weighted by atomic mass is 9.83. The van der Waals surface area contributed by atoms with E-state index in [1.54, 1.807) is 6.07 Å². The molecule has 128 valence electrons. The van der Waals surface area contributed by atoms with Crippen molar-refractivity contribution in [3.8, 4) is 22.6 Å². The minimum atomic E-state index is -0.453. The lowest BCUT2D eigenvalue weighted by Gasteiger charge is -2.36. The first-order chi connectivity index (χ1) is 11.9. The Bertz CT molecular complexity index is 920. The number of ether oxygens (including phenoxy) is 1. The number of allylic oxidation sites excluding steroid dienone is 1. The number of nitrogens with zero attached hydrogens (tertiary/aromatic N) is 1. The van der Waals surface area contributed by atoms with Gasteiger partial charge in [-0.15, -0.1) is 0 Å². The van der Waals surface area contributed by atoms with Gasteiger partial charge in [0.25, 0.3) is 0 Å². The molecule has 3 heteroatoms. The fourth-order valence-corrected chi connectivity index (χ4v) is 3.63. The Kier molecular flexibility index (Phi) is 3.50. The molecule has 4 rings (SSSR count). The molecular weight excluding hydrogens is 310 g/mol. The first-order valence-electron chi connectivity index (χ1n) is 8.80. The number of aromatic hydroxyl groups is 1. The van der Waals surface area contributed by atoms with E-state index in [1.165, 1.54) is 5.56 Å². The summed E-state index contributed by atoms with van der Waals surface area (Å²) in [5.74, 6) is 1.41. The highest BCUT2D eigenvalue weighted by molar-refractivity contribution is 5.87. The van der Waals surface area contributed by atoms with Gasteiger partial charge in [-0.1, -0.05) is 38.1 Å². The molecule has 0 saturated carbocycles. The van der Waals surface area contributed by atoms with Gasteiger partial charge in [-0.25, -0.2) is 0 Å². The molecule has 2 heterocycles. The molecule has 0 radical (unpaired) electrons. The number of aliphatic imine (C=N–C) groups is 1. The zero-order valence-corrected chi connectivity index (χ0v) is 15.1. The van der Waals surface area contributed by atoms with Crippen LogP contribution in [0.3, 0.4) is 0 Å². The van der Waals surface area contributed by atoms with Gasteiger partial charge in [-0.2, -0.15) is 0 Å². The molecule has 2 aromatic carbocycles. The summed E-state index contributed by atoms with van der Waals surface area (Å²) in [6.45, 7) is 8.53. The summed E-state index contributed by atoms with van der Waals surface area (Å²) in [7, 11) is 0. The Labute approximate surface area is 148 Å². The maximum absolute atomic E-state index is 10.7. The predicted molar refractivity (Wildman–Crippen MR) is 102 cm³/mol. The van der Waals surface area contributed by atoms with Crippen LogP contribution in [-0.2, 0) is 5.60 Å². The first-order valence-corrected chi connectivity index (χ1v) is 8.80. The molecule has 2 aliphatic heterocycles. The summed E-state index contributed by atoms with van der Waals surface area (Å²) in [4.78, 5) is 4.38. The van der Waals surface area contributed by atoms with Crippen LogP contribution >= 0.6 is 0 Å². The number of phenolic OH excluding ortho intramolecular Hbond substituents is 1. The average molecular weight is 333 g/mol. The minimum Gasteiger partial charge on any atom is -0.507 e. The third-order valence-corrected chi connectivity index (χ3v) is 5.02. The standard InChI is InChI=1S/C22H23NO2/c1-13(2)14-7-8-16-17(10-14)22(3,4)25-20-12-15(11-19(24)21(16)20)18-6-5-9-23-18/h6-13,24H,5H2,1-4H3. The van der Waals surface area contributed by atoms with E-state index in [4.69, 9.17) is 4.74 Å². The minimum absolute atomic E-state index is 0.240. The van der Waals surface area contributed by atoms with E-state index < -0.39 is 5.60 Å². The van der Waals surface area contributed by atoms with Gasteiger partial charge in [0.2, 0.25) is 0 Å². The molecule has 0 amide bonds. The van der Waals surface area contributed by atoms with E-state index in [2.05, 4.69) is 57.0 Å². The summed E-state index contributed by atoms with van der Waals surface area (Å²) in [6, 6.07) is 10.2. The van der Waals surface area contributed by atoms with Crippen molar-refractivity contribution >= 4 is 11.9 Å². The quantitative estimate of drug-likeness (QED) is 0.774. The van der Waals surface area contributed by atoms with Crippen molar-refractivity contribution in [3.63, 3.8) is 0 Å². The van der Waals surface area contributed by atoms with Crippen LogP contribution in [0.4, 0.5) is 0 Å². The Morgan fingerprint density at radius 2 is 1.96 bits per heavy atom. The van der Waals surface area contributed by atoms with Gasteiger partial charge in [0.15, 0.2) is 0 Å². The summed E-state index contributed by atoms with van der Waals surface area (Å²) in [5.41, 5.74) is 5.54. The SMILES string of the molecule is CC(C)c1ccc2c(c1)C(C)(C)Oc1cc(C3=CCC=N3)cc(O)c1-2. The number of hydrogen-bond acceptors (Lipinski definition) is 3. The fourth-order valence-electron chi connectivity index (χ4n) is 3.63. The Morgan fingerprint density at radius 1 is 1.16 bits per heavy atom. The number of fused-ring (bicyclic) bond motifs is 3. The van der Waals surface area contributed by atoms with Gasteiger partial charge >= 0.3 is 0 Å². The second-order valence-corrected chi connectivity index (χ2v) is 7.58. The van der Waals surface area contributed by atoms with Crippen molar-refractivity contribution < 1.29 is 9.84 Å². The number of benzene rings is 2. The van der Waals surface area contributed by atoms with Gasteiger partial charge in [0.05, 0.1) is 11.3 Å². The molecule has 0 spiro atoms. The number of hydrogen-bond donors (Lipinski definition) is 1. The topological polar surface area (TPSA) is 41.8 Å². The third-order valence-electron chi connectivity index (χ3n) is 5.02.